The predicted molar refractivity (Wildman–Crippen MR) is 54.9 cm³/mol. The van der Waals surface area contributed by atoms with Crippen molar-refractivity contribution < 1.29 is 5.11 Å². The van der Waals surface area contributed by atoms with Crippen molar-refractivity contribution in [1.29, 1.82) is 0 Å². The SMILES string of the molecule is Nc1c(Cl)cc(Cl)cc1[C@@H](N)CO. The van der Waals surface area contributed by atoms with Crippen LogP contribution in [0, 0.1) is 0 Å². The summed E-state index contributed by atoms with van der Waals surface area (Å²) >= 11 is 11.5. The molecule has 0 aliphatic carbocycles. The minimum absolute atomic E-state index is 0.194. The molecule has 0 saturated heterocycles. The molecule has 0 saturated carbocycles. The number of benzene rings is 1. The zero-order chi connectivity index (χ0) is 10.0. The van der Waals surface area contributed by atoms with Crippen LogP contribution in [0.2, 0.25) is 10.0 Å². The van der Waals surface area contributed by atoms with Gasteiger partial charge >= 0.3 is 0 Å². The van der Waals surface area contributed by atoms with Crippen LogP contribution < -0.4 is 11.5 Å². The molecule has 13 heavy (non-hydrogen) atoms. The molecule has 3 nitrogen and oxygen atoms in total. The van der Waals surface area contributed by atoms with Gasteiger partial charge in [-0.3, -0.25) is 0 Å². The number of aliphatic hydroxyl groups is 1. The van der Waals surface area contributed by atoms with Crippen molar-refractivity contribution in [2.75, 3.05) is 12.3 Å². The van der Waals surface area contributed by atoms with Gasteiger partial charge in [-0.25, -0.2) is 0 Å². The lowest BCUT2D eigenvalue weighted by Crippen LogP contribution is -2.16. The quantitative estimate of drug-likeness (QED) is 0.663. The van der Waals surface area contributed by atoms with Gasteiger partial charge in [0, 0.05) is 5.02 Å². The van der Waals surface area contributed by atoms with Gasteiger partial charge in [-0.2, -0.15) is 0 Å². The number of hydrogen-bond acceptors (Lipinski definition) is 3. The molecule has 0 aromatic heterocycles. The van der Waals surface area contributed by atoms with Crippen molar-refractivity contribution in [3.8, 4) is 0 Å². The Hall–Kier alpha value is -0.480. The second-order valence-electron chi connectivity index (χ2n) is 2.68. The van der Waals surface area contributed by atoms with E-state index in [-0.39, 0.29) is 6.61 Å². The fourth-order valence-electron chi connectivity index (χ4n) is 1.01. The van der Waals surface area contributed by atoms with E-state index in [9.17, 15) is 0 Å². The average Bonchev–Trinajstić information content (AvgIpc) is 2.10. The van der Waals surface area contributed by atoms with E-state index >= 15 is 0 Å². The Balaban J connectivity index is 3.20. The number of nitrogens with two attached hydrogens (primary N) is 2. The minimum Gasteiger partial charge on any atom is -0.397 e. The topological polar surface area (TPSA) is 72.3 Å². The van der Waals surface area contributed by atoms with E-state index in [0.29, 0.717) is 21.3 Å². The van der Waals surface area contributed by atoms with Crippen LogP contribution in [0.1, 0.15) is 11.6 Å². The van der Waals surface area contributed by atoms with Crippen molar-refractivity contribution in [2.24, 2.45) is 5.73 Å². The molecule has 0 aliphatic heterocycles. The fourth-order valence-corrected chi connectivity index (χ4v) is 1.52. The van der Waals surface area contributed by atoms with Gasteiger partial charge in [-0.05, 0) is 17.7 Å². The molecule has 1 atom stereocenters. The Kier molecular flexibility index (Phi) is 3.39. The Morgan fingerprint density at radius 2 is 2.00 bits per heavy atom. The summed E-state index contributed by atoms with van der Waals surface area (Å²) in [5, 5.41) is 9.64. The van der Waals surface area contributed by atoms with Crippen LogP contribution in [-0.2, 0) is 0 Å². The highest BCUT2D eigenvalue weighted by atomic mass is 35.5. The van der Waals surface area contributed by atoms with Crippen LogP contribution in [0.25, 0.3) is 0 Å². The number of aliphatic hydroxyl groups excluding tert-OH is 1. The van der Waals surface area contributed by atoms with Crippen LogP contribution in [0.3, 0.4) is 0 Å². The monoisotopic (exact) mass is 220 g/mol. The Morgan fingerprint density at radius 1 is 1.38 bits per heavy atom. The molecule has 5 heteroatoms. The molecule has 0 heterocycles. The molecule has 0 radical (unpaired) electrons. The van der Waals surface area contributed by atoms with Crippen LogP contribution in [0.4, 0.5) is 5.69 Å². The molecule has 5 N–H and O–H groups in total. The standard InChI is InChI=1S/C8H10Cl2N2O/c9-4-1-5(7(11)3-13)8(12)6(10)2-4/h1-2,7,13H,3,11-12H2/t7-/m0/s1. The van der Waals surface area contributed by atoms with Crippen molar-refractivity contribution >= 4 is 28.9 Å². The van der Waals surface area contributed by atoms with E-state index in [2.05, 4.69) is 0 Å². The molecule has 0 aliphatic rings. The molecule has 0 bridgehead atoms. The molecule has 0 fully saturated rings. The van der Waals surface area contributed by atoms with Gasteiger partial charge in [0.25, 0.3) is 0 Å². The number of nitrogen functional groups attached to an aromatic ring is 1. The molecule has 72 valence electrons. The second kappa shape index (κ2) is 4.15. The lowest BCUT2D eigenvalue weighted by molar-refractivity contribution is 0.268. The van der Waals surface area contributed by atoms with Crippen LogP contribution in [0.5, 0.6) is 0 Å². The van der Waals surface area contributed by atoms with Gasteiger partial charge in [0.15, 0.2) is 0 Å². The average molecular weight is 221 g/mol. The van der Waals surface area contributed by atoms with Gasteiger partial charge in [0.2, 0.25) is 0 Å². The largest absolute Gasteiger partial charge is 0.397 e. The highest BCUT2D eigenvalue weighted by molar-refractivity contribution is 6.36. The van der Waals surface area contributed by atoms with Gasteiger partial charge < -0.3 is 16.6 Å². The number of halogens is 2. The smallest absolute Gasteiger partial charge is 0.0653 e. The van der Waals surface area contributed by atoms with E-state index in [1.807, 2.05) is 0 Å². The number of anilines is 1. The third-order valence-corrected chi connectivity index (χ3v) is 2.25. The predicted octanol–water partition coefficient (Wildman–Crippen LogP) is 1.57. The summed E-state index contributed by atoms with van der Waals surface area (Å²) in [7, 11) is 0. The normalized spacial score (nSPS) is 12.9. The van der Waals surface area contributed by atoms with Gasteiger partial charge in [-0.1, -0.05) is 23.2 Å². The van der Waals surface area contributed by atoms with E-state index in [1.54, 1.807) is 6.07 Å². The summed E-state index contributed by atoms with van der Waals surface area (Å²) < 4.78 is 0. The lowest BCUT2D eigenvalue weighted by Gasteiger charge is -2.13. The first kappa shape index (κ1) is 10.6. The van der Waals surface area contributed by atoms with E-state index in [1.165, 1.54) is 6.07 Å². The third kappa shape index (κ3) is 2.25. The first-order chi connectivity index (χ1) is 6.06. The summed E-state index contributed by atoms with van der Waals surface area (Å²) in [4.78, 5) is 0. The summed E-state index contributed by atoms with van der Waals surface area (Å²) in [6.07, 6.45) is 0. The van der Waals surface area contributed by atoms with Crippen molar-refractivity contribution in [3.63, 3.8) is 0 Å². The first-order valence-electron chi connectivity index (χ1n) is 3.67. The van der Waals surface area contributed by atoms with E-state index in [4.69, 9.17) is 39.8 Å². The maximum atomic E-state index is 8.83. The lowest BCUT2D eigenvalue weighted by atomic mass is 10.1. The molecular weight excluding hydrogens is 211 g/mol. The Morgan fingerprint density at radius 3 is 2.54 bits per heavy atom. The van der Waals surface area contributed by atoms with Crippen LogP contribution >= 0.6 is 23.2 Å². The minimum atomic E-state index is -0.545. The van der Waals surface area contributed by atoms with Crippen molar-refractivity contribution in [1.82, 2.24) is 0 Å². The summed E-state index contributed by atoms with van der Waals surface area (Å²) in [6.45, 7) is -0.194. The molecule has 1 aromatic carbocycles. The van der Waals surface area contributed by atoms with Gasteiger partial charge in [0.1, 0.15) is 0 Å². The fraction of sp³-hybridized carbons (Fsp3) is 0.250. The van der Waals surface area contributed by atoms with Crippen LogP contribution in [0.15, 0.2) is 12.1 Å². The second-order valence-corrected chi connectivity index (χ2v) is 3.52. The molecular formula is C8H10Cl2N2O. The Labute approximate surface area is 86.2 Å². The highest BCUT2D eigenvalue weighted by Gasteiger charge is 2.11. The van der Waals surface area contributed by atoms with Crippen LogP contribution in [-0.4, -0.2) is 11.7 Å². The molecule has 1 rings (SSSR count). The molecule has 1 aromatic rings. The number of rotatable bonds is 2. The maximum Gasteiger partial charge on any atom is 0.0653 e. The van der Waals surface area contributed by atoms with Gasteiger partial charge in [-0.15, -0.1) is 0 Å². The van der Waals surface area contributed by atoms with Crippen molar-refractivity contribution in [3.05, 3.63) is 27.7 Å². The summed E-state index contributed by atoms with van der Waals surface area (Å²) in [5.74, 6) is 0. The van der Waals surface area contributed by atoms with E-state index in [0.717, 1.165) is 0 Å². The summed E-state index contributed by atoms with van der Waals surface area (Å²) in [5.41, 5.74) is 12.2. The number of hydrogen-bond donors (Lipinski definition) is 3. The maximum absolute atomic E-state index is 8.83. The third-order valence-electron chi connectivity index (χ3n) is 1.72. The van der Waals surface area contributed by atoms with E-state index < -0.39 is 6.04 Å². The molecule has 0 amide bonds. The first-order valence-corrected chi connectivity index (χ1v) is 4.42. The van der Waals surface area contributed by atoms with Gasteiger partial charge in [0.05, 0.1) is 23.4 Å². The van der Waals surface area contributed by atoms with Crippen molar-refractivity contribution in [2.45, 2.75) is 6.04 Å². The Bertz CT molecular complexity index is 317. The highest BCUT2D eigenvalue weighted by Crippen LogP contribution is 2.30. The molecule has 0 unspecified atom stereocenters. The summed E-state index contributed by atoms with van der Waals surface area (Å²) in [6, 6.07) is 2.59. The zero-order valence-electron chi connectivity index (χ0n) is 6.80. The molecule has 0 spiro atoms. The zero-order valence-corrected chi connectivity index (χ0v) is 8.31.